The number of nitrogens with zero attached hydrogens (tertiary/aromatic N) is 1. The van der Waals surface area contributed by atoms with Crippen molar-refractivity contribution in [3.05, 3.63) is 95.1 Å². The highest BCUT2D eigenvalue weighted by molar-refractivity contribution is 5.81. The zero-order valence-corrected chi connectivity index (χ0v) is 21.4. The van der Waals surface area contributed by atoms with E-state index in [0.717, 1.165) is 29.7 Å². The minimum absolute atomic E-state index is 0.171. The van der Waals surface area contributed by atoms with Crippen LogP contribution < -0.4 is 4.90 Å². The second-order valence-corrected chi connectivity index (χ2v) is 9.67. The van der Waals surface area contributed by atoms with Gasteiger partial charge in [-0.3, -0.25) is 0 Å². The number of rotatable bonds is 6. The summed E-state index contributed by atoms with van der Waals surface area (Å²) < 4.78 is 12.2. The summed E-state index contributed by atoms with van der Waals surface area (Å²) in [7, 11) is 0. The third-order valence-corrected chi connectivity index (χ3v) is 6.69. The number of aryl methyl sites for hydroxylation is 4. The third-order valence-electron chi connectivity index (χ3n) is 6.69. The summed E-state index contributed by atoms with van der Waals surface area (Å²) in [6.45, 7) is 17.2. The highest BCUT2D eigenvalue weighted by Gasteiger charge is 2.29. The molecule has 1 aliphatic heterocycles. The van der Waals surface area contributed by atoms with Gasteiger partial charge in [0.05, 0.1) is 12.2 Å². The molecule has 0 aliphatic carbocycles. The smallest absolute Gasteiger partial charge is 0.184 e. The van der Waals surface area contributed by atoms with Crippen molar-refractivity contribution in [2.24, 2.45) is 0 Å². The van der Waals surface area contributed by atoms with Gasteiger partial charge in [-0.05, 0) is 88.4 Å². The number of hydrogen-bond donors (Lipinski definition) is 0. The molecule has 0 N–H and O–H groups in total. The Balaban J connectivity index is 1.69. The van der Waals surface area contributed by atoms with Crippen molar-refractivity contribution < 1.29 is 9.47 Å². The Kier molecular flexibility index (Phi) is 7.25. The molecule has 3 unspecified atom stereocenters. The molecule has 3 aromatic rings. The van der Waals surface area contributed by atoms with E-state index in [1.807, 2.05) is 0 Å². The van der Waals surface area contributed by atoms with Crippen LogP contribution in [0.1, 0.15) is 54.5 Å². The van der Waals surface area contributed by atoms with Gasteiger partial charge in [0.1, 0.15) is 0 Å². The minimum atomic E-state index is -0.394. The van der Waals surface area contributed by atoms with Crippen molar-refractivity contribution in [2.45, 2.75) is 72.9 Å². The fourth-order valence-corrected chi connectivity index (χ4v) is 4.81. The predicted octanol–water partition coefficient (Wildman–Crippen LogP) is 8.33. The molecule has 3 heteroatoms. The summed E-state index contributed by atoms with van der Waals surface area (Å²) in [6.07, 6.45) is 1.91. The maximum Gasteiger partial charge on any atom is 0.184 e. The van der Waals surface area contributed by atoms with Crippen LogP contribution in [0.5, 0.6) is 0 Å². The van der Waals surface area contributed by atoms with Gasteiger partial charge in [0.15, 0.2) is 6.29 Å². The molecule has 3 nitrogen and oxygen atoms in total. The lowest BCUT2D eigenvalue weighted by atomic mass is 10.0. The summed E-state index contributed by atoms with van der Waals surface area (Å²) in [6, 6.07) is 21.9. The standard InChI is InChI=1S/C31H37NO2/c1-8-28-19-24(6)33-31(34-28)25(7)26-11-13-27(14-12-26)32(29-15-9-20(2)17-22(29)4)30-16-10-21(3)18-23(30)5/h9-18,24,28,31H,7-8,19H2,1-6H3. The van der Waals surface area contributed by atoms with E-state index in [1.165, 1.54) is 33.6 Å². The maximum absolute atomic E-state index is 6.16. The normalized spacial score (nSPS) is 20.2. The van der Waals surface area contributed by atoms with Crippen LogP contribution in [-0.2, 0) is 9.47 Å². The lowest BCUT2D eigenvalue weighted by molar-refractivity contribution is -0.209. The van der Waals surface area contributed by atoms with E-state index in [2.05, 4.69) is 114 Å². The van der Waals surface area contributed by atoms with Crippen LogP contribution >= 0.6 is 0 Å². The van der Waals surface area contributed by atoms with E-state index < -0.39 is 6.29 Å². The van der Waals surface area contributed by atoms with Crippen molar-refractivity contribution >= 4 is 22.6 Å². The molecule has 3 atom stereocenters. The molecular formula is C31H37NO2. The average Bonchev–Trinajstić information content (AvgIpc) is 2.81. The zero-order valence-electron chi connectivity index (χ0n) is 21.4. The SMILES string of the molecule is C=C(c1ccc(N(c2ccc(C)cc2C)c2ccc(C)cc2C)cc1)C1OC(C)CC(CC)O1. The Morgan fingerprint density at radius 3 is 1.91 bits per heavy atom. The first kappa shape index (κ1) is 24.3. The molecule has 1 heterocycles. The van der Waals surface area contributed by atoms with Gasteiger partial charge < -0.3 is 14.4 Å². The van der Waals surface area contributed by atoms with Crippen LogP contribution in [-0.4, -0.2) is 18.5 Å². The summed E-state index contributed by atoms with van der Waals surface area (Å²) in [5, 5.41) is 0. The first-order valence-electron chi connectivity index (χ1n) is 12.3. The van der Waals surface area contributed by atoms with Crippen molar-refractivity contribution in [1.29, 1.82) is 0 Å². The molecule has 178 valence electrons. The largest absolute Gasteiger partial charge is 0.345 e. The minimum Gasteiger partial charge on any atom is -0.345 e. The van der Waals surface area contributed by atoms with E-state index in [4.69, 9.17) is 9.47 Å². The highest BCUT2D eigenvalue weighted by atomic mass is 16.7. The third kappa shape index (κ3) is 5.11. The Bertz CT molecular complexity index is 1110. The number of benzene rings is 3. The summed E-state index contributed by atoms with van der Waals surface area (Å²) in [4.78, 5) is 2.35. The lowest BCUT2D eigenvalue weighted by Crippen LogP contribution is -2.37. The molecule has 0 amide bonds. The van der Waals surface area contributed by atoms with Crippen LogP contribution in [0.4, 0.5) is 17.1 Å². The van der Waals surface area contributed by atoms with Crippen LogP contribution in [0.2, 0.25) is 0 Å². The summed E-state index contributed by atoms with van der Waals surface area (Å²) >= 11 is 0. The maximum atomic E-state index is 6.16. The zero-order chi connectivity index (χ0) is 24.4. The molecular weight excluding hydrogens is 418 g/mol. The summed E-state index contributed by atoms with van der Waals surface area (Å²) in [5.41, 5.74) is 10.4. The van der Waals surface area contributed by atoms with Gasteiger partial charge in [0.2, 0.25) is 0 Å². The molecule has 0 saturated carbocycles. The predicted molar refractivity (Wildman–Crippen MR) is 143 cm³/mol. The first-order valence-corrected chi connectivity index (χ1v) is 12.3. The van der Waals surface area contributed by atoms with E-state index in [-0.39, 0.29) is 12.2 Å². The van der Waals surface area contributed by atoms with Crippen molar-refractivity contribution in [3.8, 4) is 0 Å². The Labute approximate surface area is 205 Å². The van der Waals surface area contributed by atoms with E-state index in [9.17, 15) is 0 Å². The second kappa shape index (κ2) is 10.2. The second-order valence-electron chi connectivity index (χ2n) is 9.67. The molecule has 0 bridgehead atoms. The van der Waals surface area contributed by atoms with Crippen LogP contribution in [0.3, 0.4) is 0 Å². The van der Waals surface area contributed by atoms with Crippen molar-refractivity contribution in [2.75, 3.05) is 4.90 Å². The fourth-order valence-electron chi connectivity index (χ4n) is 4.81. The van der Waals surface area contributed by atoms with Gasteiger partial charge in [0.25, 0.3) is 0 Å². The van der Waals surface area contributed by atoms with Gasteiger partial charge in [-0.2, -0.15) is 0 Å². The molecule has 4 rings (SSSR count). The Hall–Kier alpha value is -2.88. The highest BCUT2D eigenvalue weighted by Crippen LogP contribution is 2.39. The van der Waals surface area contributed by atoms with Gasteiger partial charge in [-0.15, -0.1) is 0 Å². The fraction of sp³-hybridized carbons (Fsp3) is 0.355. The van der Waals surface area contributed by atoms with Crippen LogP contribution in [0.25, 0.3) is 5.57 Å². The van der Waals surface area contributed by atoms with E-state index >= 15 is 0 Å². The van der Waals surface area contributed by atoms with Gasteiger partial charge >= 0.3 is 0 Å². The Morgan fingerprint density at radius 2 is 1.41 bits per heavy atom. The number of ether oxygens (including phenoxy) is 2. The Morgan fingerprint density at radius 1 is 0.853 bits per heavy atom. The molecule has 34 heavy (non-hydrogen) atoms. The molecule has 0 aromatic heterocycles. The molecule has 3 aromatic carbocycles. The quantitative estimate of drug-likeness (QED) is 0.373. The lowest BCUT2D eigenvalue weighted by Gasteiger charge is -2.35. The van der Waals surface area contributed by atoms with Gasteiger partial charge in [0, 0.05) is 22.6 Å². The van der Waals surface area contributed by atoms with Gasteiger partial charge in [-0.1, -0.05) is 61.0 Å². The first-order chi connectivity index (χ1) is 16.3. The van der Waals surface area contributed by atoms with Gasteiger partial charge in [-0.25, -0.2) is 0 Å². The molecule has 1 aliphatic rings. The molecule has 1 saturated heterocycles. The number of hydrogen-bond acceptors (Lipinski definition) is 3. The van der Waals surface area contributed by atoms with E-state index in [0.29, 0.717) is 0 Å². The van der Waals surface area contributed by atoms with Crippen molar-refractivity contribution in [3.63, 3.8) is 0 Å². The average molecular weight is 456 g/mol. The number of anilines is 3. The monoisotopic (exact) mass is 455 g/mol. The molecule has 0 radical (unpaired) electrons. The van der Waals surface area contributed by atoms with Crippen LogP contribution in [0.15, 0.2) is 67.2 Å². The topological polar surface area (TPSA) is 21.7 Å². The molecule has 0 spiro atoms. The van der Waals surface area contributed by atoms with Crippen LogP contribution in [0, 0.1) is 27.7 Å². The van der Waals surface area contributed by atoms with Crippen molar-refractivity contribution in [1.82, 2.24) is 0 Å². The molecule has 1 fully saturated rings. The summed E-state index contributed by atoms with van der Waals surface area (Å²) in [5.74, 6) is 0. The van der Waals surface area contributed by atoms with E-state index in [1.54, 1.807) is 0 Å².